The first-order valence-electron chi connectivity index (χ1n) is 5.48. The topological polar surface area (TPSA) is 68.3 Å². The average Bonchev–Trinajstić information content (AvgIpc) is 3.07. The number of amides is 1. The minimum Gasteiger partial charge on any atom is -0.467 e. The Labute approximate surface area is 118 Å². The van der Waals surface area contributed by atoms with Crippen LogP contribution in [0.4, 0.5) is 0 Å². The fourth-order valence-corrected chi connectivity index (χ4v) is 2.92. The van der Waals surface area contributed by atoms with Gasteiger partial charge in [-0.15, -0.1) is 11.3 Å². The molecule has 1 atom stereocenters. The first-order valence-corrected chi connectivity index (χ1v) is 7.31. The maximum Gasteiger partial charge on any atom is 0.328 e. The summed E-state index contributed by atoms with van der Waals surface area (Å²) in [7, 11) is 1.28. The number of nitrogens with zero attached hydrogens (tertiary/aromatic N) is 1. The second kappa shape index (κ2) is 5.94. The molecule has 0 aliphatic heterocycles. The lowest BCUT2D eigenvalue weighted by atomic mass is 10.3. The van der Waals surface area contributed by atoms with E-state index in [-0.39, 0.29) is 5.91 Å². The number of thiophene rings is 1. The van der Waals surface area contributed by atoms with Crippen LogP contribution in [0.25, 0.3) is 10.6 Å². The van der Waals surface area contributed by atoms with Gasteiger partial charge in [0.15, 0.2) is 0 Å². The molecule has 0 aliphatic rings. The summed E-state index contributed by atoms with van der Waals surface area (Å²) < 4.78 is 4.54. The van der Waals surface area contributed by atoms with E-state index in [0.717, 1.165) is 10.6 Å². The number of rotatable bonds is 4. The smallest absolute Gasteiger partial charge is 0.328 e. The molecule has 1 amide bonds. The molecule has 1 unspecified atom stereocenters. The van der Waals surface area contributed by atoms with Crippen LogP contribution < -0.4 is 5.32 Å². The van der Waals surface area contributed by atoms with Crippen LogP contribution >= 0.6 is 22.7 Å². The van der Waals surface area contributed by atoms with E-state index >= 15 is 0 Å². The van der Waals surface area contributed by atoms with Crippen LogP contribution in [-0.4, -0.2) is 30.0 Å². The lowest BCUT2D eigenvalue weighted by Crippen LogP contribution is -2.39. The van der Waals surface area contributed by atoms with E-state index < -0.39 is 12.0 Å². The molecule has 1 N–H and O–H groups in total. The number of aromatic nitrogens is 1. The van der Waals surface area contributed by atoms with Gasteiger partial charge in [0, 0.05) is 16.3 Å². The number of carbonyl (C=O) groups excluding carboxylic acids is 2. The predicted molar refractivity (Wildman–Crippen MR) is 74.4 cm³/mol. The summed E-state index contributed by atoms with van der Waals surface area (Å²) in [5.41, 5.74) is 1.30. The third kappa shape index (κ3) is 3.18. The van der Waals surface area contributed by atoms with Crippen LogP contribution in [0.1, 0.15) is 17.4 Å². The van der Waals surface area contributed by atoms with E-state index in [9.17, 15) is 9.59 Å². The molecule has 0 fully saturated rings. The summed E-state index contributed by atoms with van der Waals surface area (Å²) >= 11 is 2.97. The molecule has 2 aromatic heterocycles. The molecular weight excluding hydrogens is 284 g/mol. The normalized spacial score (nSPS) is 11.9. The van der Waals surface area contributed by atoms with Crippen LogP contribution in [0.3, 0.4) is 0 Å². The summed E-state index contributed by atoms with van der Waals surface area (Å²) in [5.74, 6) is -0.864. The van der Waals surface area contributed by atoms with E-state index in [4.69, 9.17) is 0 Å². The lowest BCUT2D eigenvalue weighted by Gasteiger charge is -2.09. The van der Waals surface area contributed by atoms with Crippen molar-refractivity contribution in [3.8, 4) is 10.6 Å². The van der Waals surface area contributed by atoms with Crippen molar-refractivity contribution < 1.29 is 14.3 Å². The molecule has 19 heavy (non-hydrogen) atoms. The standard InChI is InChI=1S/C12H12N2O3S2/c1-7(12(16)17-2)13-10(15)9-6-19-11(14-9)8-3-4-18-5-8/h3-7H,1-2H3,(H,13,15). The minimum absolute atomic E-state index is 0.307. The van der Waals surface area contributed by atoms with E-state index in [1.54, 1.807) is 23.6 Å². The van der Waals surface area contributed by atoms with Crippen molar-refractivity contribution in [3.63, 3.8) is 0 Å². The van der Waals surface area contributed by atoms with Gasteiger partial charge >= 0.3 is 5.97 Å². The van der Waals surface area contributed by atoms with E-state index in [1.165, 1.54) is 18.4 Å². The van der Waals surface area contributed by atoms with E-state index in [2.05, 4.69) is 15.0 Å². The number of ether oxygens (including phenoxy) is 1. The number of hydrogen-bond acceptors (Lipinski definition) is 6. The van der Waals surface area contributed by atoms with Gasteiger partial charge in [-0.1, -0.05) is 0 Å². The van der Waals surface area contributed by atoms with Gasteiger partial charge in [0.05, 0.1) is 7.11 Å². The first kappa shape index (κ1) is 13.7. The molecule has 100 valence electrons. The molecule has 7 heteroatoms. The van der Waals surface area contributed by atoms with Gasteiger partial charge < -0.3 is 10.1 Å². The Kier molecular flexibility index (Phi) is 4.28. The van der Waals surface area contributed by atoms with Crippen molar-refractivity contribution in [1.29, 1.82) is 0 Å². The molecule has 0 spiro atoms. The Morgan fingerprint density at radius 3 is 2.84 bits per heavy atom. The SMILES string of the molecule is COC(=O)C(C)NC(=O)c1csc(-c2ccsc2)n1. The van der Waals surface area contributed by atoms with Gasteiger partial charge in [0.1, 0.15) is 16.7 Å². The molecule has 0 saturated carbocycles. The third-order valence-corrected chi connectivity index (χ3v) is 3.98. The van der Waals surface area contributed by atoms with Crippen LogP contribution in [0, 0.1) is 0 Å². The molecule has 0 saturated heterocycles. The molecule has 5 nitrogen and oxygen atoms in total. The van der Waals surface area contributed by atoms with Gasteiger partial charge in [0.2, 0.25) is 0 Å². The Morgan fingerprint density at radius 1 is 1.42 bits per heavy atom. The van der Waals surface area contributed by atoms with Crippen molar-refractivity contribution >= 4 is 34.6 Å². The highest BCUT2D eigenvalue weighted by Crippen LogP contribution is 2.25. The van der Waals surface area contributed by atoms with Gasteiger partial charge in [-0.25, -0.2) is 9.78 Å². The quantitative estimate of drug-likeness (QED) is 0.878. The van der Waals surface area contributed by atoms with Crippen LogP contribution in [0.2, 0.25) is 0 Å². The molecule has 2 rings (SSSR count). The van der Waals surface area contributed by atoms with Crippen LogP contribution in [-0.2, 0) is 9.53 Å². The fraction of sp³-hybridized carbons (Fsp3) is 0.250. The second-order valence-corrected chi connectivity index (χ2v) is 5.41. The molecule has 0 aliphatic carbocycles. The molecule has 2 heterocycles. The summed E-state index contributed by atoms with van der Waals surface area (Å²) in [6.07, 6.45) is 0. The molecule has 0 bridgehead atoms. The van der Waals surface area contributed by atoms with Crippen molar-refractivity contribution in [1.82, 2.24) is 10.3 Å². The summed E-state index contributed by atoms with van der Waals surface area (Å²) in [4.78, 5) is 27.4. The summed E-state index contributed by atoms with van der Waals surface area (Å²) in [6, 6.07) is 1.26. The number of methoxy groups -OCH3 is 1. The number of carbonyl (C=O) groups is 2. The van der Waals surface area contributed by atoms with Crippen molar-refractivity contribution in [3.05, 3.63) is 27.9 Å². The average molecular weight is 296 g/mol. The van der Waals surface area contributed by atoms with Gasteiger partial charge in [0.25, 0.3) is 5.91 Å². The van der Waals surface area contributed by atoms with Gasteiger partial charge in [-0.05, 0) is 18.4 Å². The molecule has 0 radical (unpaired) electrons. The third-order valence-electron chi connectivity index (χ3n) is 2.41. The largest absolute Gasteiger partial charge is 0.467 e. The zero-order valence-corrected chi connectivity index (χ0v) is 12.0. The zero-order valence-electron chi connectivity index (χ0n) is 10.4. The minimum atomic E-state index is -0.691. The van der Waals surface area contributed by atoms with Gasteiger partial charge in [-0.2, -0.15) is 11.3 Å². The van der Waals surface area contributed by atoms with Crippen molar-refractivity contribution in [2.75, 3.05) is 7.11 Å². The fourth-order valence-electron chi connectivity index (χ4n) is 1.40. The predicted octanol–water partition coefficient (Wildman–Crippen LogP) is 2.16. The summed E-state index contributed by atoms with van der Waals surface area (Å²) in [6.45, 7) is 1.57. The van der Waals surface area contributed by atoms with E-state index in [0.29, 0.717) is 5.69 Å². The second-order valence-electron chi connectivity index (χ2n) is 3.77. The monoisotopic (exact) mass is 296 g/mol. The highest BCUT2D eigenvalue weighted by atomic mass is 32.1. The number of esters is 1. The maximum absolute atomic E-state index is 11.9. The van der Waals surface area contributed by atoms with Gasteiger partial charge in [-0.3, -0.25) is 4.79 Å². The molecule has 2 aromatic rings. The number of thiazole rings is 1. The Bertz CT molecular complexity index is 578. The van der Waals surface area contributed by atoms with Crippen LogP contribution in [0.15, 0.2) is 22.2 Å². The lowest BCUT2D eigenvalue weighted by molar-refractivity contribution is -0.142. The highest BCUT2D eigenvalue weighted by Gasteiger charge is 2.19. The Morgan fingerprint density at radius 2 is 2.21 bits per heavy atom. The number of hydrogen-bond donors (Lipinski definition) is 1. The first-order chi connectivity index (χ1) is 9.11. The van der Waals surface area contributed by atoms with Crippen LogP contribution in [0.5, 0.6) is 0 Å². The molecule has 0 aromatic carbocycles. The molecular formula is C12H12N2O3S2. The van der Waals surface area contributed by atoms with Crippen molar-refractivity contribution in [2.24, 2.45) is 0 Å². The van der Waals surface area contributed by atoms with Crippen molar-refractivity contribution in [2.45, 2.75) is 13.0 Å². The Hall–Kier alpha value is -1.73. The zero-order chi connectivity index (χ0) is 13.8. The maximum atomic E-state index is 11.9. The van der Waals surface area contributed by atoms with E-state index in [1.807, 2.05) is 16.8 Å². The highest BCUT2D eigenvalue weighted by molar-refractivity contribution is 7.14. The summed E-state index contributed by atoms with van der Waals surface area (Å²) in [5, 5.41) is 8.92. The Balaban J connectivity index is 2.06. The number of nitrogens with one attached hydrogen (secondary N) is 1.